The van der Waals surface area contributed by atoms with Crippen molar-refractivity contribution < 1.29 is 0 Å². The van der Waals surface area contributed by atoms with Gasteiger partial charge in [0.25, 0.3) is 0 Å². The highest BCUT2D eigenvalue weighted by Gasteiger charge is 1.79. The average molecular weight is 143 g/mol. The molecule has 0 N–H and O–H groups in total. The van der Waals surface area contributed by atoms with Gasteiger partial charge in [0.2, 0.25) is 0 Å². The summed E-state index contributed by atoms with van der Waals surface area (Å²) in [5.41, 5.74) is 1.21. The molecule has 0 unspecified atom stereocenters. The predicted octanol–water partition coefficient (Wildman–Crippen LogP) is 3.09. The monoisotopic (exact) mass is 143 g/mol. The first kappa shape index (κ1) is 7.80. The summed E-state index contributed by atoms with van der Waals surface area (Å²) in [6.45, 7) is 3.59. The molecule has 0 aliphatic heterocycles. The summed E-state index contributed by atoms with van der Waals surface area (Å²) < 4.78 is 0. The Bertz CT molecular complexity index is 231. The van der Waals surface area contributed by atoms with E-state index in [2.05, 4.69) is 18.7 Å². The van der Waals surface area contributed by atoms with Crippen LogP contribution in [0, 0.1) is 6.42 Å². The van der Waals surface area contributed by atoms with Crippen LogP contribution >= 0.6 is 0 Å². The minimum absolute atomic E-state index is 1.21. The van der Waals surface area contributed by atoms with E-state index >= 15 is 0 Å². The molecule has 1 aromatic rings. The first-order valence-corrected chi connectivity index (χ1v) is 3.61. The third kappa shape index (κ3) is 2.85. The first-order chi connectivity index (χ1) is 5.43. The van der Waals surface area contributed by atoms with Gasteiger partial charge in [-0.05, 0) is 5.56 Å². The van der Waals surface area contributed by atoms with Crippen LogP contribution in [0.1, 0.15) is 5.56 Å². The quantitative estimate of drug-likeness (QED) is 0.610. The van der Waals surface area contributed by atoms with E-state index < -0.39 is 0 Å². The van der Waals surface area contributed by atoms with Crippen molar-refractivity contribution >= 4 is 6.08 Å². The lowest BCUT2D eigenvalue weighted by atomic mass is 10.2. The second kappa shape index (κ2) is 4.51. The van der Waals surface area contributed by atoms with Crippen molar-refractivity contribution in [1.82, 2.24) is 0 Å². The Labute approximate surface area is 67.9 Å². The summed E-state index contributed by atoms with van der Waals surface area (Å²) in [4.78, 5) is 0. The fraction of sp³-hybridized carbons (Fsp3) is 0. The topological polar surface area (TPSA) is 0 Å². The van der Waals surface area contributed by atoms with Gasteiger partial charge in [0.1, 0.15) is 0 Å². The second-order valence-corrected chi connectivity index (χ2v) is 2.20. The van der Waals surface area contributed by atoms with Gasteiger partial charge in [0.15, 0.2) is 0 Å². The van der Waals surface area contributed by atoms with Gasteiger partial charge in [0.05, 0.1) is 0 Å². The highest BCUT2D eigenvalue weighted by molar-refractivity contribution is 5.50. The fourth-order valence-electron chi connectivity index (χ4n) is 0.809. The highest BCUT2D eigenvalue weighted by atomic mass is 13.9. The summed E-state index contributed by atoms with van der Waals surface area (Å²) >= 11 is 0. The Morgan fingerprint density at radius 1 is 1.09 bits per heavy atom. The van der Waals surface area contributed by atoms with E-state index in [4.69, 9.17) is 0 Å². The van der Waals surface area contributed by atoms with E-state index in [1.165, 1.54) is 5.56 Å². The molecule has 0 bridgehead atoms. The van der Waals surface area contributed by atoms with Gasteiger partial charge in [-0.1, -0.05) is 48.6 Å². The number of hydrogen-bond acceptors (Lipinski definition) is 0. The van der Waals surface area contributed by atoms with Crippen LogP contribution in [0.3, 0.4) is 0 Å². The number of rotatable bonds is 3. The lowest BCUT2D eigenvalue weighted by Gasteiger charge is -1.88. The van der Waals surface area contributed by atoms with Crippen LogP contribution in [0.15, 0.2) is 49.1 Å². The minimum Gasteiger partial charge on any atom is -0.102 e. The zero-order chi connectivity index (χ0) is 7.94. The Hall–Kier alpha value is -1.30. The molecule has 0 saturated heterocycles. The van der Waals surface area contributed by atoms with Crippen LogP contribution in [0.5, 0.6) is 0 Å². The van der Waals surface area contributed by atoms with Gasteiger partial charge in [-0.25, -0.2) is 0 Å². The summed E-state index contributed by atoms with van der Waals surface area (Å²) in [6, 6.07) is 10.2. The predicted molar refractivity (Wildman–Crippen MR) is 50.0 cm³/mol. The van der Waals surface area contributed by atoms with Crippen LogP contribution in [0.25, 0.3) is 6.08 Å². The van der Waals surface area contributed by atoms with E-state index in [-0.39, 0.29) is 0 Å². The van der Waals surface area contributed by atoms with Crippen molar-refractivity contribution in [2.75, 3.05) is 0 Å². The Balaban J connectivity index is 2.57. The molecule has 0 fully saturated rings. The molecule has 0 amide bonds. The number of allylic oxidation sites excluding steroid dienone is 2. The third-order valence-electron chi connectivity index (χ3n) is 1.34. The van der Waals surface area contributed by atoms with Gasteiger partial charge in [0, 0.05) is 6.42 Å². The maximum atomic E-state index is 3.59. The fourth-order valence-corrected chi connectivity index (χ4v) is 0.809. The Kier molecular flexibility index (Phi) is 3.20. The standard InChI is InChI=1S/C11H11/c1-2-3-5-8-11-9-6-4-7-10-11/h2-10H,1H2/b8-5+. The zero-order valence-electron chi connectivity index (χ0n) is 6.40. The maximum absolute atomic E-state index is 3.59. The van der Waals surface area contributed by atoms with Crippen molar-refractivity contribution in [3.63, 3.8) is 0 Å². The molecule has 11 heavy (non-hydrogen) atoms. The summed E-state index contributed by atoms with van der Waals surface area (Å²) in [5.74, 6) is 0. The minimum atomic E-state index is 1.21. The molecule has 1 rings (SSSR count). The lowest BCUT2D eigenvalue weighted by Crippen LogP contribution is -1.67. The summed E-state index contributed by atoms with van der Waals surface area (Å²) in [5, 5.41) is 0. The number of hydrogen-bond donors (Lipinski definition) is 0. The van der Waals surface area contributed by atoms with E-state index in [0.717, 1.165) is 0 Å². The normalized spacial score (nSPS) is 10.2. The lowest BCUT2D eigenvalue weighted by molar-refractivity contribution is 1.65. The van der Waals surface area contributed by atoms with Crippen molar-refractivity contribution in [3.8, 4) is 0 Å². The molecule has 0 spiro atoms. The van der Waals surface area contributed by atoms with Crippen LogP contribution in [0.4, 0.5) is 0 Å². The van der Waals surface area contributed by atoms with Crippen LogP contribution < -0.4 is 0 Å². The van der Waals surface area contributed by atoms with Gasteiger partial charge >= 0.3 is 0 Å². The van der Waals surface area contributed by atoms with E-state index in [0.29, 0.717) is 0 Å². The second-order valence-electron chi connectivity index (χ2n) is 2.20. The average Bonchev–Trinajstić information content (AvgIpc) is 2.07. The molecule has 0 aliphatic carbocycles. The maximum Gasteiger partial charge on any atom is 0.00448 e. The molecular weight excluding hydrogens is 132 g/mol. The Morgan fingerprint density at radius 3 is 2.45 bits per heavy atom. The molecule has 1 radical (unpaired) electrons. The van der Waals surface area contributed by atoms with Gasteiger partial charge in [-0.3, -0.25) is 0 Å². The molecule has 0 nitrogen and oxygen atoms in total. The number of benzene rings is 1. The molecule has 1 aromatic carbocycles. The molecule has 0 heteroatoms. The Morgan fingerprint density at radius 2 is 1.82 bits per heavy atom. The largest absolute Gasteiger partial charge is 0.102 e. The smallest absolute Gasteiger partial charge is 0.00448 e. The van der Waals surface area contributed by atoms with Crippen molar-refractivity contribution in [2.45, 2.75) is 0 Å². The van der Waals surface area contributed by atoms with E-state index in [1.54, 1.807) is 6.08 Å². The van der Waals surface area contributed by atoms with Gasteiger partial charge in [-0.15, -0.1) is 6.58 Å². The van der Waals surface area contributed by atoms with Crippen LogP contribution in [0.2, 0.25) is 0 Å². The molecule has 0 aromatic heterocycles. The van der Waals surface area contributed by atoms with Crippen molar-refractivity contribution in [1.29, 1.82) is 0 Å². The van der Waals surface area contributed by atoms with Crippen molar-refractivity contribution in [3.05, 3.63) is 61.0 Å². The molecule has 55 valence electrons. The first-order valence-electron chi connectivity index (χ1n) is 3.61. The van der Waals surface area contributed by atoms with Gasteiger partial charge in [-0.2, -0.15) is 0 Å². The van der Waals surface area contributed by atoms with Crippen molar-refractivity contribution in [2.24, 2.45) is 0 Å². The highest BCUT2D eigenvalue weighted by Crippen LogP contribution is 2.00. The van der Waals surface area contributed by atoms with Crippen LogP contribution in [-0.4, -0.2) is 0 Å². The van der Waals surface area contributed by atoms with Gasteiger partial charge < -0.3 is 0 Å². The third-order valence-corrected chi connectivity index (χ3v) is 1.34. The molecule has 0 aliphatic rings. The zero-order valence-corrected chi connectivity index (χ0v) is 6.40. The summed E-state index contributed by atoms with van der Waals surface area (Å²) in [6.07, 6.45) is 7.69. The molecule has 0 saturated carbocycles. The molecule has 0 atom stereocenters. The van der Waals surface area contributed by atoms with E-state index in [1.807, 2.05) is 36.8 Å². The molecule has 0 heterocycles. The van der Waals surface area contributed by atoms with E-state index in [9.17, 15) is 0 Å². The SMILES string of the molecule is C=C[CH]/C=C/c1ccccc1. The van der Waals surface area contributed by atoms with Crippen LogP contribution in [-0.2, 0) is 0 Å². The summed E-state index contributed by atoms with van der Waals surface area (Å²) in [7, 11) is 0. The molecular formula is C11H11.